The summed E-state index contributed by atoms with van der Waals surface area (Å²) in [5.74, 6) is -5.37. The summed E-state index contributed by atoms with van der Waals surface area (Å²) >= 11 is 12.4. The van der Waals surface area contributed by atoms with E-state index in [1.54, 1.807) is 6.07 Å². The van der Waals surface area contributed by atoms with Crippen molar-refractivity contribution < 1.29 is 33.1 Å². The van der Waals surface area contributed by atoms with Crippen LogP contribution in [0.25, 0.3) is 0 Å². The molecule has 0 radical (unpaired) electrons. The number of imide groups is 1. The lowest BCUT2D eigenvalue weighted by atomic mass is 9.55. The standard InChI is InChI=1S/C38H24Cl2N2O7/c39-27-16-13-21(18-28(27)40)35(44)41(19-29(43)20-11-14-22(15-12-20)49-38(47)30-10-5-17-48-30)42-36(45)33-31-23-6-1-2-7-24(23)32(34(33)37(42)46)26-9-4-3-8-25(26)31/h1-18,31-34H,19H2/t31?,32?,33-,34-/m1/s1. The molecule has 49 heavy (non-hydrogen) atoms. The van der Waals surface area contributed by atoms with Crippen LogP contribution in [0.2, 0.25) is 10.0 Å². The highest BCUT2D eigenvalue weighted by Gasteiger charge is 2.63. The number of rotatable bonds is 7. The van der Waals surface area contributed by atoms with E-state index < -0.39 is 59.7 Å². The maximum Gasteiger partial charge on any atom is 0.379 e. The van der Waals surface area contributed by atoms with Crippen LogP contribution in [-0.2, 0) is 9.59 Å². The minimum atomic E-state index is -0.779. The van der Waals surface area contributed by atoms with Gasteiger partial charge in [0.05, 0.1) is 28.1 Å². The number of benzene rings is 4. The molecule has 1 aliphatic heterocycles. The normalized spacial score (nSPS) is 20.0. The van der Waals surface area contributed by atoms with E-state index in [0.717, 1.165) is 32.3 Å². The van der Waals surface area contributed by atoms with Gasteiger partial charge in [0.25, 0.3) is 17.7 Å². The Morgan fingerprint density at radius 2 is 1.24 bits per heavy atom. The third-order valence-corrected chi connectivity index (χ3v) is 10.2. The Labute approximate surface area is 289 Å². The molecule has 0 saturated carbocycles. The second-order valence-corrected chi connectivity index (χ2v) is 12.9. The summed E-state index contributed by atoms with van der Waals surface area (Å²) in [5.41, 5.74) is 4.08. The molecule has 3 amide bonds. The molecule has 11 heteroatoms. The third-order valence-electron chi connectivity index (χ3n) is 9.47. The van der Waals surface area contributed by atoms with Gasteiger partial charge in [-0.2, -0.15) is 5.01 Å². The zero-order valence-corrected chi connectivity index (χ0v) is 26.9. The Morgan fingerprint density at radius 1 is 0.694 bits per heavy atom. The summed E-state index contributed by atoms with van der Waals surface area (Å²) in [6, 6.07) is 28.5. The fourth-order valence-corrected chi connectivity index (χ4v) is 7.70. The van der Waals surface area contributed by atoms with Gasteiger partial charge in [-0.15, -0.1) is 0 Å². The number of carbonyl (C=O) groups is 5. The number of carbonyl (C=O) groups excluding carboxylic acids is 5. The number of esters is 1. The number of ether oxygens (including phenoxy) is 1. The minimum Gasteiger partial charge on any atom is -0.457 e. The second kappa shape index (κ2) is 11.9. The topological polar surface area (TPSA) is 114 Å². The first-order valence-corrected chi connectivity index (χ1v) is 16.2. The summed E-state index contributed by atoms with van der Waals surface area (Å²) in [4.78, 5) is 69.3. The molecule has 0 unspecified atom stereocenters. The molecule has 4 aliphatic rings. The van der Waals surface area contributed by atoms with E-state index >= 15 is 0 Å². The maximum absolute atomic E-state index is 14.5. The van der Waals surface area contributed by atoms with Crippen LogP contribution in [0.1, 0.15) is 65.4 Å². The summed E-state index contributed by atoms with van der Waals surface area (Å²) in [6.07, 6.45) is 1.34. The van der Waals surface area contributed by atoms with Gasteiger partial charge < -0.3 is 9.15 Å². The largest absolute Gasteiger partial charge is 0.457 e. The van der Waals surface area contributed by atoms with Gasteiger partial charge in [0.15, 0.2) is 5.78 Å². The highest BCUT2D eigenvalue weighted by molar-refractivity contribution is 6.42. The van der Waals surface area contributed by atoms with Crippen LogP contribution in [0.4, 0.5) is 0 Å². The van der Waals surface area contributed by atoms with Gasteiger partial charge in [0, 0.05) is 23.0 Å². The first-order chi connectivity index (χ1) is 23.7. The van der Waals surface area contributed by atoms with E-state index in [-0.39, 0.29) is 32.7 Å². The Hall–Kier alpha value is -5.51. The average molecular weight is 692 g/mol. The van der Waals surface area contributed by atoms with Gasteiger partial charge in [-0.3, -0.25) is 19.2 Å². The van der Waals surface area contributed by atoms with E-state index in [1.807, 2.05) is 48.5 Å². The number of hydrazine groups is 1. The van der Waals surface area contributed by atoms with Crippen molar-refractivity contribution in [1.29, 1.82) is 0 Å². The SMILES string of the molecule is O=C(CN(C(=O)c1ccc(Cl)c(Cl)c1)N1C(=O)[C@@H]2C3c4ccccc4C(c4ccccc43)[C@H]2C1=O)c1ccc(OC(=O)c2ccco2)cc1. The quantitative estimate of drug-likeness (QED) is 0.0787. The first kappa shape index (κ1) is 30.8. The fraction of sp³-hybridized carbons (Fsp3) is 0.132. The summed E-state index contributed by atoms with van der Waals surface area (Å²) in [6.45, 7) is -0.642. The molecule has 5 aromatic rings. The zero-order valence-electron chi connectivity index (χ0n) is 25.4. The van der Waals surface area contributed by atoms with Gasteiger partial charge in [-0.25, -0.2) is 9.80 Å². The molecule has 1 fully saturated rings. The molecule has 1 aromatic heterocycles. The predicted molar refractivity (Wildman–Crippen MR) is 177 cm³/mol. The van der Waals surface area contributed by atoms with E-state index in [1.165, 1.54) is 54.8 Å². The van der Waals surface area contributed by atoms with Gasteiger partial charge in [0.2, 0.25) is 5.76 Å². The van der Waals surface area contributed by atoms with Crippen LogP contribution in [0.3, 0.4) is 0 Å². The fourth-order valence-electron chi connectivity index (χ4n) is 7.40. The number of halogens is 2. The number of furan rings is 1. The smallest absolute Gasteiger partial charge is 0.379 e. The van der Waals surface area contributed by atoms with Gasteiger partial charge >= 0.3 is 5.97 Å². The minimum absolute atomic E-state index is 0.0109. The third kappa shape index (κ3) is 4.96. The summed E-state index contributed by atoms with van der Waals surface area (Å²) in [7, 11) is 0. The number of ketones is 1. The van der Waals surface area contributed by atoms with Crippen molar-refractivity contribution in [2.45, 2.75) is 11.8 Å². The zero-order chi connectivity index (χ0) is 34.0. The lowest BCUT2D eigenvalue weighted by molar-refractivity contribution is -0.154. The Balaban J connectivity index is 1.14. The van der Waals surface area contributed by atoms with E-state index in [9.17, 15) is 24.0 Å². The second-order valence-electron chi connectivity index (χ2n) is 12.1. The van der Waals surface area contributed by atoms with Crippen molar-refractivity contribution in [2.24, 2.45) is 11.8 Å². The van der Waals surface area contributed by atoms with Crippen LogP contribution >= 0.6 is 23.2 Å². The Kier molecular flexibility index (Phi) is 7.46. The average Bonchev–Trinajstić information content (AvgIpc) is 3.76. The van der Waals surface area contributed by atoms with E-state index in [2.05, 4.69) is 0 Å². The van der Waals surface area contributed by atoms with Crippen LogP contribution in [0, 0.1) is 11.8 Å². The van der Waals surface area contributed by atoms with E-state index in [4.69, 9.17) is 32.4 Å². The molecule has 9 nitrogen and oxygen atoms in total. The van der Waals surface area contributed by atoms with Gasteiger partial charge in [-0.05, 0) is 76.9 Å². The number of nitrogens with zero attached hydrogens (tertiary/aromatic N) is 2. The summed E-state index contributed by atoms with van der Waals surface area (Å²) < 4.78 is 10.4. The van der Waals surface area contributed by atoms with Crippen molar-refractivity contribution in [3.63, 3.8) is 0 Å². The maximum atomic E-state index is 14.5. The van der Waals surface area contributed by atoms with Crippen molar-refractivity contribution in [3.05, 3.63) is 159 Å². The number of Topliss-reactive ketones (excluding diaryl/α,β-unsaturated/α-hetero) is 1. The van der Waals surface area contributed by atoms with E-state index in [0.29, 0.717) is 0 Å². The molecule has 242 valence electrons. The van der Waals surface area contributed by atoms with Crippen LogP contribution < -0.4 is 4.74 Å². The molecule has 0 N–H and O–H groups in total. The number of amides is 3. The molecule has 4 aromatic carbocycles. The lowest BCUT2D eigenvalue weighted by Crippen LogP contribution is -2.52. The predicted octanol–water partition coefficient (Wildman–Crippen LogP) is 6.94. The summed E-state index contributed by atoms with van der Waals surface area (Å²) in [5, 5.41) is 2.06. The number of hydrogen-bond acceptors (Lipinski definition) is 7. The highest BCUT2D eigenvalue weighted by atomic mass is 35.5. The Morgan fingerprint density at radius 3 is 1.76 bits per heavy atom. The van der Waals surface area contributed by atoms with Gasteiger partial charge in [-0.1, -0.05) is 71.7 Å². The molecule has 3 aliphatic carbocycles. The lowest BCUT2D eigenvalue weighted by Gasteiger charge is -2.45. The molecule has 2 atom stereocenters. The highest BCUT2D eigenvalue weighted by Crippen LogP contribution is 2.61. The first-order valence-electron chi connectivity index (χ1n) is 15.4. The van der Waals surface area contributed by atoms with Crippen molar-refractivity contribution in [2.75, 3.05) is 6.54 Å². The number of hydrogen-bond donors (Lipinski definition) is 0. The molecule has 2 heterocycles. The molecular weight excluding hydrogens is 667 g/mol. The van der Waals surface area contributed by atoms with Crippen LogP contribution in [0.15, 0.2) is 114 Å². The van der Waals surface area contributed by atoms with Crippen LogP contribution in [0.5, 0.6) is 5.75 Å². The van der Waals surface area contributed by atoms with Crippen LogP contribution in [-0.4, -0.2) is 46.0 Å². The van der Waals surface area contributed by atoms with Gasteiger partial charge in [0.1, 0.15) is 12.3 Å². The monoisotopic (exact) mass is 690 g/mol. The van der Waals surface area contributed by atoms with Crippen molar-refractivity contribution in [1.82, 2.24) is 10.0 Å². The molecule has 1 saturated heterocycles. The molecular formula is C38H24Cl2N2O7. The van der Waals surface area contributed by atoms with Crippen molar-refractivity contribution >= 4 is 52.7 Å². The molecule has 0 spiro atoms. The Bertz CT molecular complexity index is 2080. The molecule has 9 rings (SSSR count). The van der Waals surface area contributed by atoms with Crippen molar-refractivity contribution in [3.8, 4) is 5.75 Å². The molecule has 2 bridgehead atoms.